The predicted octanol–water partition coefficient (Wildman–Crippen LogP) is 2.98. The lowest BCUT2D eigenvalue weighted by Gasteiger charge is -2.41. The second-order valence-corrected chi connectivity index (χ2v) is 5.06. The molecule has 0 saturated heterocycles. The fraction of sp³-hybridized carbons (Fsp3) is 0.462. The van der Waals surface area contributed by atoms with Crippen molar-refractivity contribution in [2.75, 3.05) is 11.4 Å². The van der Waals surface area contributed by atoms with Crippen LogP contribution >= 0.6 is 11.6 Å². The van der Waals surface area contributed by atoms with Crippen molar-refractivity contribution >= 4 is 22.5 Å². The molecule has 1 aromatic rings. The highest BCUT2D eigenvalue weighted by Gasteiger charge is 2.35. The van der Waals surface area contributed by atoms with Gasteiger partial charge in [0.1, 0.15) is 5.54 Å². The van der Waals surface area contributed by atoms with Crippen molar-refractivity contribution in [3.05, 3.63) is 29.8 Å². The molecule has 0 amide bonds. The number of carbonyl (C=O) groups excluding carboxylic acids is 1. The third-order valence-electron chi connectivity index (χ3n) is 3.27. The van der Waals surface area contributed by atoms with Gasteiger partial charge in [-0.3, -0.25) is 4.79 Å². The van der Waals surface area contributed by atoms with Gasteiger partial charge in [0.2, 0.25) is 5.24 Å². The van der Waals surface area contributed by atoms with Crippen LogP contribution in [-0.4, -0.2) is 17.3 Å². The fourth-order valence-corrected chi connectivity index (χ4v) is 2.32. The number of nitrogens with zero attached hydrogens (tertiary/aromatic N) is 1. The molecule has 0 spiro atoms. The summed E-state index contributed by atoms with van der Waals surface area (Å²) in [4.78, 5) is 13.6. The van der Waals surface area contributed by atoms with Crippen LogP contribution in [0.15, 0.2) is 24.3 Å². The van der Waals surface area contributed by atoms with Gasteiger partial charge in [-0.25, -0.2) is 0 Å². The molecule has 0 radical (unpaired) electrons. The molecule has 0 aromatic heterocycles. The molecule has 1 aromatic carbocycles. The highest BCUT2D eigenvalue weighted by Crippen LogP contribution is 2.33. The van der Waals surface area contributed by atoms with Gasteiger partial charge in [0.15, 0.2) is 0 Å². The monoisotopic (exact) mass is 237 g/mol. The fourth-order valence-electron chi connectivity index (χ4n) is 2.22. The summed E-state index contributed by atoms with van der Waals surface area (Å²) < 4.78 is 0. The summed E-state index contributed by atoms with van der Waals surface area (Å²) in [6.45, 7) is 4.65. The Hall–Kier alpha value is -1.02. The normalized spacial score (nSPS) is 15.8. The number of fused-ring (bicyclic) bond motifs is 1. The van der Waals surface area contributed by atoms with E-state index in [9.17, 15) is 4.79 Å². The topological polar surface area (TPSA) is 20.3 Å². The Labute approximate surface area is 101 Å². The zero-order chi connectivity index (χ0) is 11.8. The highest BCUT2D eigenvalue weighted by molar-refractivity contribution is 6.65. The van der Waals surface area contributed by atoms with E-state index in [4.69, 9.17) is 11.6 Å². The van der Waals surface area contributed by atoms with Crippen LogP contribution in [0.4, 0.5) is 5.69 Å². The number of halogens is 1. The molecular weight excluding hydrogens is 222 g/mol. The quantitative estimate of drug-likeness (QED) is 0.737. The van der Waals surface area contributed by atoms with Gasteiger partial charge < -0.3 is 4.90 Å². The average Bonchev–Trinajstić information content (AvgIpc) is 2.28. The summed E-state index contributed by atoms with van der Waals surface area (Å²) >= 11 is 5.69. The molecule has 0 N–H and O–H groups in total. The molecule has 2 nitrogen and oxygen atoms in total. The second-order valence-electron chi connectivity index (χ2n) is 4.72. The maximum absolute atomic E-state index is 11.5. The Kier molecular flexibility index (Phi) is 2.94. The number of rotatable bonds is 2. The van der Waals surface area contributed by atoms with Gasteiger partial charge in [0, 0.05) is 12.2 Å². The van der Waals surface area contributed by atoms with Crippen LogP contribution in [0.1, 0.15) is 25.8 Å². The summed E-state index contributed by atoms with van der Waals surface area (Å²) in [5.74, 6) is 0. The summed E-state index contributed by atoms with van der Waals surface area (Å²) in [5, 5.41) is -0.302. The molecule has 0 aliphatic carbocycles. The van der Waals surface area contributed by atoms with Crippen LogP contribution < -0.4 is 4.90 Å². The van der Waals surface area contributed by atoms with Gasteiger partial charge in [-0.2, -0.15) is 0 Å². The van der Waals surface area contributed by atoms with Gasteiger partial charge in [-0.15, -0.1) is 0 Å². The van der Waals surface area contributed by atoms with E-state index in [2.05, 4.69) is 17.0 Å². The third kappa shape index (κ3) is 1.82. The standard InChI is InChI=1S/C13H16ClNO/c1-13(2,12(14)16)15-9-5-7-10-6-3-4-8-11(10)15/h3-4,6,8H,5,7,9H2,1-2H3. The van der Waals surface area contributed by atoms with Gasteiger partial charge in [0.05, 0.1) is 0 Å². The van der Waals surface area contributed by atoms with Crippen molar-refractivity contribution in [3.8, 4) is 0 Å². The average molecular weight is 238 g/mol. The van der Waals surface area contributed by atoms with Crippen molar-refractivity contribution in [2.24, 2.45) is 0 Å². The molecule has 0 fully saturated rings. The maximum atomic E-state index is 11.5. The summed E-state index contributed by atoms with van der Waals surface area (Å²) in [7, 11) is 0. The summed E-state index contributed by atoms with van der Waals surface area (Å²) in [6, 6.07) is 8.23. The van der Waals surface area contributed by atoms with Crippen LogP contribution in [0.3, 0.4) is 0 Å². The molecule has 1 aliphatic rings. The highest BCUT2D eigenvalue weighted by atomic mass is 35.5. The van der Waals surface area contributed by atoms with E-state index in [1.807, 2.05) is 26.0 Å². The molecule has 0 unspecified atom stereocenters. The Bertz CT molecular complexity index is 414. The SMILES string of the molecule is CC(C)(C(=O)Cl)N1CCCc2ccccc21. The van der Waals surface area contributed by atoms with E-state index in [1.54, 1.807) is 0 Å². The van der Waals surface area contributed by atoms with Crippen LogP contribution in [0.25, 0.3) is 0 Å². The number of anilines is 1. The predicted molar refractivity (Wildman–Crippen MR) is 67.0 cm³/mol. The van der Waals surface area contributed by atoms with Gasteiger partial charge in [0.25, 0.3) is 0 Å². The van der Waals surface area contributed by atoms with E-state index in [0.29, 0.717) is 0 Å². The van der Waals surface area contributed by atoms with Crippen molar-refractivity contribution in [2.45, 2.75) is 32.2 Å². The number of hydrogen-bond acceptors (Lipinski definition) is 2. The number of aryl methyl sites for hydroxylation is 1. The van der Waals surface area contributed by atoms with Crippen molar-refractivity contribution in [1.29, 1.82) is 0 Å². The lowest BCUT2D eigenvalue weighted by atomic mass is 9.95. The molecule has 0 atom stereocenters. The number of para-hydroxylation sites is 1. The van der Waals surface area contributed by atoms with E-state index in [0.717, 1.165) is 25.1 Å². The van der Waals surface area contributed by atoms with E-state index in [-0.39, 0.29) is 5.24 Å². The molecular formula is C13H16ClNO. The molecule has 1 aliphatic heterocycles. The Morgan fingerprint density at radius 2 is 2.06 bits per heavy atom. The Morgan fingerprint density at radius 1 is 1.38 bits per heavy atom. The maximum Gasteiger partial charge on any atom is 0.246 e. The second kappa shape index (κ2) is 4.10. The minimum absolute atomic E-state index is 0.302. The first-order valence-corrected chi connectivity index (χ1v) is 5.97. The van der Waals surface area contributed by atoms with Crippen LogP contribution in [0.2, 0.25) is 0 Å². The molecule has 2 rings (SSSR count). The summed E-state index contributed by atoms with van der Waals surface area (Å²) in [6.07, 6.45) is 2.16. The van der Waals surface area contributed by atoms with Crippen molar-refractivity contribution < 1.29 is 4.79 Å². The van der Waals surface area contributed by atoms with Crippen molar-refractivity contribution in [3.63, 3.8) is 0 Å². The van der Waals surface area contributed by atoms with Crippen LogP contribution in [0, 0.1) is 0 Å². The Morgan fingerprint density at radius 3 is 2.75 bits per heavy atom. The smallest absolute Gasteiger partial charge is 0.246 e. The molecule has 16 heavy (non-hydrogen) atoms. The van der Waals surface area contributed by atoms with Crippen molar-refractivity contribution in [1.82, 2.24) is 0 Å². The molecule has 3 heteroatoms. The van der Waals surface area contributed by atoms with E-state index in [1.165, 1.54) is 5.56 Å². The zero-order valence-electron chi connectivity index (χ0n) is 9.66. The minimum atomic E-state index is -0.627. The third-order valence-corrected chi connectivity index (χ3v) is 3.73. The largest absolute Gasteiger partial charge is 0.358 e. The van der Waals surface area contributed by atoms with Gasteiger partial charge in [-0.1, -0.05) is 18.2 Å². The molecule has 1 heterocycles. The van der Waals surface area contributed by atoms with E-state index >= 15 is 0 Å². The summed E-state index contributed by atoms with van der Waals surface area (Å²) in [5.41, 5.74) is 1.82. The first kappa shape index (κ1) is 11.5. The number of carbonyl (C=O) groups is 1. The first-order valence-electron chi connectivity index (χ1n) is 5.59. The lowest BCUT2D eigenvalue weighted by Crippen LogP contribution is -2.50. The molecule has 86 valence electrons. The first-order chi connectivity index (χ1) is 7.53. The van der Waals surface area contributed by atoms with Crippen LogP contribution in [-0.2, 0) is 11.2 Å². The van der Waals surface area contributed by atoms with Crippen LogP contribution in [0.5, 0.6) is 0 Å². The molecule has 0 saturated carbocycles. The molecule has 0 bridgehead atoms. The van der Waals surface area contributed by atoms with Gasteiger partial charge >= 0.3 is 0 Å². The van der Waals surface area contributed by atoms with E-state index < -0.39 is 5.54 Å². The Balaban J connectivity index is 2.42. The lowest BCUT2D eigenvalue weighted by molar-refractivity contribution is -0.115. The number of hydrogen-bond donors (Lipinski definition) is 0. The zero-order valence-corrected chi connectivity index (χ0v) is 10.4. The minimum Gasteiger partial charge on any atom is -0.358 e. The number of benzene rings is 1. The van der Waals surface area contributed by atoms with Gasteiger partial charge in [-0.05, 0) is 49.9 Å².